The summed E-state index contributed by atoms with van der Waals surface area (Å²) in [7, 11) is 0. The average molecular weight is 480 g/mol. The summed E-state index contributed by atoms with van der Waals surface area (Å²) in [5.41, 5.74) is 3.48. The highest BCUT2D eigenvalue weighted by Gasteiger charge is 2.53. The van der Waals surface area contributed by atoms with E-state index in [0.29, 0.717) is 25.5 Å². The molecule has 4 heterocycles. The van der Waals surface area contributed by atoms with Gasteiger partial charge in [0.15, 0.2) is 5.54 Å². The second kappa shape index (κ2) is 8.23. The Morgan fingerprint density at radius 2 is 1.78 bits per heavy atom. The van der Waals surface area contributed by atoms with E-state index in [1.54, 1.807) is 0 Å². The molecule has 0 radical (unpaired) electrons. The van der Waals surface area contributed by atoms with Crippen LogP contribution in [-0.2, 0) is 9.59 Å². The number of fused-ring (bicyclic) bond motifs is 1. The van der Waals surface area contributed by atoms with Crippen molar-refractivity contribution < 1.29 is 9.59 Å². The Morgan fingerprint density at radius 3 is 2.53 bits per heavy atom. The number of aliphatic imine (C=N–C) groups is 1. The molecule has 3 aromatic rings. The van der Waals surface area contributed by atoms with Crippen LogP contribution >= 0.6 is 0 Å². The molecule has 4 aliphatic rings. The van der Waals surface area contributed by atoms with Crippen LogP contribution < -0.4 is 5.32 Å². The lowest BCUT2D eigenvalue weighted by molar-refractivity contribution is -0.133. The number of amides is 2. The van der Waals surface area contributed by atoms with Crippen LogP contribution in [0.2, 0.25) is 0 Å². The predicted molar refractivity (Wildman–Crippen MR) is 138 cm³/mol. The average Bonchev–Trinajstić information content (AvgIpc) is 3.57. The van der Waals surface area contributed by atoms with E-state index < -0.39 is 5.54 Å². The SMILES string of the molecule is O=C(C1CC1)N1CC[C@@H](CN2C(=O)C3(CNC3)N=C2c2ccc(-c3ccc4cccnc4c3)cc2)C1. The summed E-state index contributed by atoms with van der Waals surface area (Å²) >= 11 is 0. The van der Waals surface area contributed by atoms with Gasteiger partial charge in [0, 0.05) is 55.8 Å². The van der Waals surface area contributed by atoms with Crippen molar-refractivity contribution in [2.45, 2.75) is 24.8 Å². The number of amidine groups is 1. The van der Waals surface area contributed by atoms with E-state index in [4.69, 9.17) is 4.99 Å². The van der Waals surface area contributed by atoms with Crippen molar-refractivity contribution in [3.05, 3.63) is 66.4 Å². The molecular weight excluding hydrogens is 450 g/mol. The van der Waals surface area contributed by atoms with Crippen LogP contribution in [0.25, 0.3) is 22.0 Å². The maximum Gasteiger partial charge on any atom is 0.258 e. The van der Waals surface area contributed by atoms with Crippen LogP contribution in [0.4, 0.5) is 0 Å². The van der Waals surface area contributed by atoms with Crippen LogP contribution in [0.3, 0.4) is 0 Å². The first kappa shape index (κ1) is 21.7. The molecule has 3 aliphatic heterocycles. The highest BCUT2D eigenvalue weighted by molar-refractivity contribution is 6.16. The van der Waals surface area contributed by atoms with Crippen molar-refractivity contribution in [3.8, 4) is 11.1 Å². The van der Waals surface area contributed by atoms with E-state index >= 15 is 0 Å². The van der Waals surface area contributed by atoms with Crippen LogP contribution in [-0.4, -0.2) is 70.7 Å². The van der Waals surface area contributed by atoms with Gasteiger partial charge in [-0.05, 0) is 48.4 Å². The molecule has 0 unspecified atom stereocenters. The van der Waals surface area contributed by atoms with E-state index in [0.717, 1.165) is 65.8 Å². The molecular formula is C29H29N5O2. The number of pyridine rings is 1. The van der Waals surface area contributed by atoms with Crippen molar-refractivity contribution >= 4 is 28.6 Å². The van der Waals surface area contributed by atoms with Crippen LogP contribution in [0.15, 0.2) is 65.8 Å². The zero-order valence-electron chi connectivity index (χ0n) is 20.2. The molecule has 3 fully saturated rings. The largest absolute Gasteiger partial charge is 0.342 e. The minimum atomic E-state index is -0.667. The summed E-state index contributed by atoms with van der Waals surface area (Å²) in [5, 5.41) is 4.36. The molecule has 1 saturated carbocycles. The smallest absolute Gasteiger partial charge is 0.258 e. The fourth-order valence-electron chi connectivity index (χ4n) is 5.73. The van der Waals surface area contributed by atoms with Crippen molar-refractivity contribution in [1.82, 2.24) is 20.1 Å². The van der Waals surface area contributed by atoms with Gasteiger partial charge in [-0.15, -0.1) is 0 Å². The molecule has 36 heavy (non-hydrogen) atoms. The molecule has 1 atom stereocenters. The molecule has 7 heteroatoms. The summed E-state index contributed by atoms with van der Waals surface area (Å²) in [4.78, 5) is 39.4. The summed E-state index contributed by atoms with van der Waals surface area (Å²) in [6.45, 7) is 3.34. The van der Waals surface area contributed by atoms with Crippen molar-refractivity contribution in [2.75, 3.05) is 32.7 Å². The molecule has 0 bridgehead atoms. The summed E-state index contributed by atoms with van der Waals surface area (Å²) in [6, 6.07) is 18.7. The second-order valence-electron chi connectivity index (χ2n) is 10.7. The lowest BCUT2D eigenvalue weighted by atomic mass is 9.92. The minimum Gasteiger partial charge on any atom is -0.342 e. The third-order valence-electron chi connectivity index (χ3n) is 8.10. The van der Waals surface area contributed by atoms with E-state index in [9.17, 15) is 9.59 Å². The minimum absolute atomic E-state index is 0.0906. The predicted octanol–water partition coefficient (Wildman–Crippen LogP) is 3.09. The van der Waals surface area contributed by atoms with Gasteiger partial charge in [0.1, 0.15) is 5.84 Å². The number of carbonyl (C=O) groups excluding carboxylic acids is 2. The zero-order chi connectivity index (χ0) is 24.3. The highest BCUT2D eigenvalue weighted by Crippen LogP contribution is 2.35. The van der Waals surface area contributed by atoms with Gasteiger partial charge in [-0.3, -0.25) is 19.5 Å². The number of likely N-dealkylation sites (tertiary alicyclic amines) is 1. The van der Waals surface area contributed by atoms with Gasteiger partial charge in [0.05, 0.1) is 5.52 Å². The van der Waals surface area contributed by atoms with E-state index in [1.165, 1.54) is 0 Å². The molecule has 182 valence electrons. The Hall–Kier alpha value is -3.58. The number of aromatic nitrogens is 1. The van der Waals surface area contributed by atoms with E-state index in [2.05, 4.69) is 58.8 Å². The van der Waals surface area contributed by atoms with Crippen LogP contribution in [0.1, 0.15) is 24.8 Å². The zero-order valence-corrected chi connectivity index (χ0v) is 20.2. The van der Waals surface area contributed by atoms with Crippen molar-refractivity contribution in [1.29, 1.82) is 0 Å². The third kappa shape index (κ3) is 3.61. The Balaban J connectivity index is 1.13. The van der Waals surface area contributed by atoms with Gasteiger partial charge in [-0.2, -0.15) is 0 Å². The Kier molecular flexibility index (Phi) is 4.96. The standard InChI is InChI=1S/C29H29N5O2/c35-27(23-8-9-23)33-13-11-19(15-33)16-34-26(32-29(28(34)36)17-30-18-29)22-6-3-20(4-7-22)24-10-5-21-2-1-12-31-25(21)14-24/h1-7,10,12,14,19,23,30H,8-9,11,13,15-18H2/t19-/m1/s1. The number of carbonyl (C=O) groups is 2. The lowest BCUT2D eigenvalue weighted by Crippen LogP contribution is -2.63. The summed E-state index contributed by atoms with van der Waals surface area (Å²) < 4.78 is 0. The quantitative estimate of drug-likeness (QED) is 0.610. The molecule has 1 aromatic heterocycles. The molecule has 1 aliphatic carbocycles. The number of benzene rings is 2. The number of nitrogens with zero attached hydrogens (tertiary/aromatic N) is 4. The molecule has 7 nitrogen and oxygen atoms in total. The first-order valence-electron chi connectivity index (χ1n) is 13.0. The van der Waals surface area contributed by atoms with E-state index in [-0.39, 0.29) is 17.7 Å². The maximum absolute atomic E-state index is 13.5. The van der Waals surface area contributed by atoms with Crippen molar-refractivity contribution in [3.63, 3.8) is 0 Å². The Bertz CT molecular complexity index is 1390. The fraction of sp³-hybridized carbons (Fsp3) is 0.379. The normalized spacial score (nSPS) is 22.8. The highest BCUT2D eigenvalue weighted by atomic mass is 16.2. The fourth-order valence-corrected chi connectivity index (χ4v) is 5.73. The van der Waals surface area contributed by atoms with Gasteiger partial charge in [-0.25, -0.2) is 4.99 Å². The summed E-state index contributed by atoms with van der Waals surface area (Å²) in [5.74, 6) is 1.69. The number of hydrogen-bond donors (Lipinski definition) is 1. The van der Waals surface area contributed by atoms with Gasteiger partial charge in [0.25, 0.3) is 5.91 Å². The maximum atomic E-state index is 13.5. The lowest BCUT2D eigenvalue weighted by Gasteiger charge is -2.35. The van der Waals surface area contributed by atoms with E-state index in [1.807, 2.05) is 22.1 Å². The number of rotatable bonds is 5. The Labute approximate surface area is 210 Å². The Morgan fingerprint density at radius 1 is 1.00 bits per heavy atom. The molecule has 1 N–H and O–H groups in total. The number of hydrogen-bond acceptors (Lipinski definition) is 5. The molecule has 2 amide bonds. The molecule has 2 saturated heterocycles. The topological polar surface area (TPSA) is 77.9 Å². The first-order chi connectivity index (χ1) is 17.6. The van der Waals surface area contributed by atoms with Crippen molar-refractivity contribution in [2.24, 2.45) is 16.8 Å². The van der Waals surface area contributed by atoms with Gasteiger partial charge >= 0.3 is 0 Å². The van der Waals surface area contributed by atoms with Crippen LogP contribution in [0.5, 0.6) is 0 Å². The molecule has 2 aromatic carbocycles. The van der Waals surface area contributed by atoms with Gasteiger partial charge in [0.2, 0.25) is 5.91 Å². The second-order valence-corrected chi connectivity index (χ2v) is 10.7. The third-order valence-corrected chi connectivity index (χ3v) is 8.10. The van der Waals surface area contributed by atoms with Gasteiger partial charge in [-0.1, -0.05) is 42.5 Å². The monoisotopic (exact) mass is 479 g/mol. The van der Waals surface area contributed by atoms with Gasteiger partial charge < -0.3 is 10.2 Å². The summed E-state index contributed by atoms with van der Waals surface area (Å²) in [6.07, 6.45) is 4.82. The molecule has 1 spiro atoms. The first-order valence-corrected chi connectivity index (χ1v) is 13.0. The number of nitrogens with one attached hydrogen (secondary N) is 1. The molecule has 7 rings (SSSR count). The van der Waals surface area contributed by atoms with Crippen LogP contribution in [0, 0.1) is 11.8 Å².